The van der Waals surface area contributed by atoms with Gasteiger partial charge in [0, 0.05) is 38.6 Å². The van der Waals surface area contributed by atoms with Gasteiger partial charge in [-0.1, -0.05) is 44.2 Å². The zero-order valence-corrected chi connectivity index (χ0v) is 16.4. The summed E-state index contributed by atoms with van der Waals surface area (Å²) in [4.78, 5) is 21.6. The minimum atomic E-state index is 0.0716. The molecule has 1 amide bonds. The van der Waals surface area contributed by atoms with E-state index in [4.69, 9.17) is 0 Å². The number of anilines is 2. The number of piperazine rings is 1. The summed E-state index contributed by atoms with van der Waals surface area (Å²) in [5, 5.41) is 2.98. The van der Waals surface area contributed by atoms with Crippen molar-refractivity contribution >= 4 is 17.4 Å². The van der Waals surface area contributed by atoms with Gasteiger partial charge in [0.25, 0.3) is 0 Å². The van der Waals surface area contributed by atoms with Gasteiger partial charge in [0.15, 0.2) is 0 Å². The third-order valence-corrected chi connectivity index (χ3v) is 5.32. The second-order valence-electron chi connectivity index (χ2n) is 7.16. The third-order valence-electron chi connectivity index (χ3n) is 5.32. The number of nitrogens with one attached hydrogen (secondary N) is 1. The number of benzene rings is 1. The maximum atomic E-state index is 12.2. The zero-order chi connectivity index (χ0) is 19.1. The average Bonchev–Trinajstić information content (AvgIpc) is 2.71. The molecule has 0 spiro atoms. The van der Waals surface area contributed by atoms with Crippen LogP contribution in [0.2, 0.25) is 0 Å². The molecular formula is C22H30N4O. The lowest BCUT2D eigenvalue weighted by atomic mass is 10.0. The van der Waals surface area contributed by atoms with Gasteiger partial charge in [-0.3, -0.25) is 9.69 Å². The Kier molecular flexibility index (Phi) is 6.82. The predicted octanol–water partition coefficient (Wildman–Crippen LogP) is 3.78. The van der Waals surface area contributed by atoms with Crippen molar-refractivity contribution in [1.82, 2.24) is 9.88 Å². The highest BCUT2D eigenvalue weighted by atomic mass is 16.1. The van der Waals surface area contributed by atoms with E-state index in [1.165, 1.54) is 5.56 Å². The van der Waals surface area contributed by atoms with Crippen molar-refractivity contribution in [3.63, 3.8) is 0 Å². The largest absolute Gasteiger partial charge is 0.354 e. The molecule has 2 heterocycles. The molecule has 0 unspecified atom stereocenters. The number of nitrogens with zero attached hydrogens (tertiary/aromatic N) is 3. The molecule has 1 fully saturated rings. The van der Waals surface area contributed by atoms with Crippen LogP contribution in [0.15, 0.2) is 48.7 Å². The highest BCUT2D eigenvalue weighted by molar-refractivity contribution is 5.92. The van der Waals surface area contributed by atoms with Crippen LogP contribution in [0.4, 0.5) is 11.5 Å². The first-order chi connectivity index (χ1) is 13.2. The van der Waals surface area contributed by atoms with Gasteiger partial charge in [-0.25, -0.2) is 4.98 Å². The molecule has 1 aromatic carbocycles. The number of hydrogen-bond acceptors (Lipinski definition) is 4. The Bertz CT molecular complexity index is 705. The Labute approximate surface area is 162 Å². The van der Waals surface area contributed by atoms with Crippen LogP contribution < -0.4 is 10.2 Å². The van der Waals surface area contributed by atoms with Gasteiger partial charge >= 0.3 is 0 Å². The molecule has 0 aliphatic carbocycles. The first-order valence-electron chi connectivity index (χ1n) is 9.97. The number of carbonyl (C=O) groups excluding carboxylic acids is 1. The summed E-state index contributed by atoms with van der Waals surface area (Å²) in [5.41, 5.74) is 2.14. The molecule has 27 heavy (non-hydrogen) atoms. The number of aromatic nitrogens is 1. The van der Waals surface area contributed by atoms with E-state index in [0.29, 0.717) is 0 Å². The van der Waals surface area contributed by atoms with Gasteiger partial charge in [-0.2, -0.15) is 0 Å². The Morgan fingerprint density at radius 1 is 1.04 bits per heavy atom. The van der Waals surface area contributed by atoms with E-state index in [2.05, 4.69) is 50.4 Å². The monoisotopic (exact) mass is 366 g/mol. The molecule has 0 radical (unpaired) electrons. The lowest BCUT2D eigenvalue weighted by Crippen LogP contribution is -2.46. The highest BCUT2D eigenvalue weighted by Gasteiger charge is 2.18. The van der Waals surface area contributed by atoms with Gasteiger partial charge in [-0.05, 0) is 30.5 Å². The van der Waals surface area contributed by atoms with Gasteiger partial charge < -0.3 is 10.2 Å². The van der Waals surface area contributed by atoms with Crippen molar-refractivity contribution in [3.05, 3.63) is 54.2 Å². The Balaban J connectivity index is 1.50. The van der Waals surface area contributed by atoms with Gasteiger partial charge in [0.1, 0.15) is 5.82 Å². The van der Waals surface area contributed by atoms with Crippen molar-refractivity contribution in [1.29, 1.82) is 0 Å². The van der Waals surface area contributed by atoms with Crippen LogP contribution in [0.3, 0.4) is 0 Å². The normalized spacial score (nSPS) is 15.1. The molecule has 1 aliphatic heterocycles. The van der Waals surface area contributed by atoms with Gasteiger partial charge in [0.2, 0.25) is 5.91 Å². The van der Waals surface area contributed by atoms with Crippen LogP contribution in [-0.4, -0.2) is 42.0 Å². The van der Waals surface area contributed by atoms with E-state index in [1.54, 1.807) is 6.20 Å². The predicted molar refractivity (Wildman–Crippen MR) is 111 cm³/mol. The topological polar surface area (TPSA) is 48.5 Å². The van der Waals surface area contributed by atoms with Crippen LogP contribution >= 0.6 is 0 Å². The maximum absolute atomic E-state index is 12.2. The number of hydrogen-bond donors (Lipinski definition) is 1. The molecule has 5 heteroatoms. The molecule has 5 nitrogen and oxygen atoms in total. The molecule has 0 saturated carbocycles. The Hall–Kier alpha value is -2.40. The minimum absolute atomic E-state index is 0.0716. The average molecular weight is 367 g/mol. The number of amides is 1. The molecule has 2 aromatic rings. The van der Waals surface area contributed by atoms with Crippen molar-refractivity contribution in [2.45, 2.75) is 33.2 Å². The first kappa shape index (κ1) is 19.4. The summed E-state index contributed by atoms with van der Waals surface area (Å²) in [5.74, 6) is 1.14. The van der Waals surface area contributed by atoms with E-state index >= 15 is 0 Å². The molecule has 1 aromatic heterocycles. The molecule has 3 rings (SSSR count). The quantitative estimate of drug-likeness (QED) is 0.810. The summed E-state index contributed by atoms with van der Waals surface area (Å²) in [6, 6.07) is 14.6. The molecule has 1 saturated heterocycles. The van der Waals surface area contributed by atoms with Crippen LogP contribution in [0.1, 0.15) is 32.3 Å². The lowest BCUT2D eigenvalue weighted by molar-refractivity contribution is -0.120. The smallest absolute Gasteiger partial charge is 0.227 e. The highest BCUT2D eigenvalue weighted by Crippen LogP contribution is 2.18. The number of pyridine rings is 1. The Morgan fingerprint density at radius 3 is 2.33 bits per heavy atom. The summed E-state index contributed by atoms with van der Waals surface area (Å²) in [7, 11) is 0. The third kappa shape index (κ3) is 5.30. The van der Waals surface area contributed by atoms with Gasteiger partial charge in [-0.15, -0.1) is 0 Å². The second-order valence-corrected chi connectivity index (χ2v) is 7.16. The van der Waals surface area contributed by atoms with Crippen molar-refractivity contribution in [2.75, 3.05) is 36.4 Å². The van der Waals surface area contributed by atoms with E-state index < -0.39 is 0 Å². The van der Waals surface area contributed by atoms with Crippen LogP contribution in [0.5, 0.6) is 0 Å². The standard InChI is InChI=1S/C22H30N4O/c1-3-19(4-2)22(27)24-20-10-11-21(23-16-20)26-14-12-25(13-15-26)17-18-8-6-5-7-9-18/h5-11,16,19H,3-4,12-15,17H2,1-2H3,(H,24,27). The molecule has 1 N–H and O–H groups in total. The van der Waals surface area contributed by atoms with Crippen molar-refractivity contribution in [3.8, 4) is 0 Å². The molecule has 0 atom stereocenters. The number of carbonyl (C=O) groups is 1. The van der Waals surface area contributed by atoms with Crippen LogP contribution in [0.25, 0.3) is 0 Å². The fourth-order valence-electron chi connectivity index (χ4n) is 3.53. The SMILES string of the molecule is CCC(CC)C(=O)Nc1ccc(N2CCN(Cc3ccccc3)CC2)nc1. The van der Waals surface area contributed by atoms with Gasteiger partial charge in [0.05, 0.1) is 11.9 Å². The van der Waals surface area contributed by atoms with Crippen LogP contribution in [0, 0.1) is 5.92 Å². The molecule has 0 bridgehead atoms. The van der Waals surface area contributed by atoms with Crippen molar-refractivity contribution in [2.24, 2.45) is 5.92 Å². The van der Waals surface area contributed by atoms with E-state index in [1.807, 2.05) is 26.0 Å². The summed E-state index contributed by atoms with van der Waals surface area (Å²) in [6.45, 7) is 9.11. The van der Waals surface area contributed by atoms with E-state index in [0.717, 1.165) is 57.1 Å². The molecule has 1 aliphatic rings. The Morgan fingerprint density at radius 2 is 1.74 bits per heavy atom. The summed E-state index contributed by atoms with van der Waals surface area (Å²) in [6.07, 6.45) is 3.49. The van der Waals surface area contributed by atoms with Crippen LogP contribution in [-0.2, 0) is 11.3 Å². The zero-order valence-electron chi connectivity index (χ0n) is 16.4. The lowest BCUT2D eigenvalue weighted by Gasteiger charge is -2.35. The van der Waals surface area contributed by atoms with E-state index in [-0.39, 0.29) is 11.8 Å². The summed E-state index contributed by atoms with van der Waals surface area (Å²) < 4.78 is 0. The summed E-state index contributed by atoms with van der Waals surface area (Å²) >= 11 is 0. The van der Waals surface area contributed by atoms with Crippen molar-refractivity contribution < 1.29 is 4.79 Å². The maximum Gasteiger partial charge on any atom is 0.227 e. The first-order valence-corrected chi connectivity index (χ1v) is 9.97. The molecular weight excluding hydrogens is 336 g/mol. The fourth-order valence-corrected chi connectivity index (χ4v) is 3.53. The molecule has 144 valence electrons. The second kappa shape index (κ2) is 9.51. The number of rotatable bonds is 7. The fraction of sp³-hybridized carbons (Fsp3) is 0.455. The van der Waals surface area contributed by atoms with E-state index in [9.17, 15) is 4.79 Å². The minimum Gasteiger partial charge on any atom is -0.354 e.